The van der Waals surface area contributed by atoms with Crippen molar-refractivity contribution in [3.05, 3.63) is 103 Å². The van der Waals surface area contributed by atoms with Gasteiger partial charge >= 0.3 is 0 Å². The van der Waals surface area contributed by atoms with Crippen molar-refractivity contribution in [2.24, 2.45) is 0 Å². The van der Waals surface area contributed by atoms with E-state index >= 15 is 0 Å². The van der Waals surface area contributed by atoms with E-state index in [9.17, 15) is 10.1 Å². The van der Waals surface area contributed by atoms with Crippen LogP contribution in [0.1, 0.15) is 5.56 Å². The molecule has 0 aliphatic rings. The molecule has 2 heterocycles. The number of rotatable bonds is 6. The van der Waals surface area contributed by atoms with Gasteiger partial charge in [-0.1, -0.05) is 96.7 Å². The lowest BCUT2D eigenvalue weighted by Gasteiger charge is -2.04. The van der Waals surface area contributed by atoms with E-state index in [0.717, 1.165) is 27.1 Å². The summed E-state index contributed by atoms with van der Waals surface area (Å²) in [6, 6.07) is 33.1. The standard InChI is InChI=1S/C28H19N3O2S/c29-17-22-26(20-10-3-1-4-11-20)27(21-12-5-2-6-13-21)33-28(22)31-24(32)18-34-25-16-15-19-9-7-8-14-23(19)30-25/h1-16H,18H2,(H,31,32). The van der Waals surface area contributed by atoms with Crippen molar-refractivity contribution in [2.75, 3.05) is 11.1 Å². The lowest BCUT2D eigenvalue weighted by Crippen LogP contribution is -2.14. The molecule has 0 saturated carbocycles. The molecule has 0 unspecified atom stereocenters. The minimum atomic E-state index is -0.274. The van der Waals surface area contributed by atoms with Crippen LogP contribution in [0.2, 0.25) is 0 Å². The zero-order valence-corrected chi connectivity index (χ0v) is 18.9. The van der Waals surface area contributed by atoms with Crippen molar-refractivity contribution in [3.8, 4) is 28.5 Å². The highest BCUT2D eigenvalue weighted by Gasteiger charge is 2.24. The molecule has 0 saturated heterocycles. The maximum atomic E-state index is 12.8. The van der Waals surface area contributed by atoms with Gasteiger partial charge in [-0.2, -0.15) is 5.26 Å². The number of benzene rings is 3. The number of anilines is 1. The van der Waals surface area contributed by atoms with Crippen LogP contribution in [0.5, 0.6) is 0 Å². The number of fused-ring (bicyclic) bond motifs is 1. The fourth-order valence-corrected chi connectivity index (χ4v) is 4.41. The molecule has 6 heteroatoms. The minimum absolute atomic E-state index is 0.137. The SMILES string of the molecule is N#Cc1c(NC(=O)CSc2ccc3ccccc3n2)oc(-c2ccccc2)c1-c1ccccc1. The highest BCUT2D eigenvalue weighted by atomic mass is 32.2. The molecule has 0 fully saturated rings. The Balaban J connectivity index is 1.42. The van der Waals surface area contributed by atoms with Crippen LogP contribution in [-0.2, 0) is 4.79 Å². The minimum Gasteiger partial charge on any atom is -0.438 e. The van der Waals surface area contributed by atoms with E-state index in [1.54, 1.807) is 0 Å². The summed E-state index contributed by atoms with van der Waals surface area (Å²) < 4.78 is 6.08. The predicted molar refractivity (Wildman–Crippen MR) is 135 cm³/mol. The van der Waals surface area contributed by atoms with Gasteiger partial charge in [-0.25, -0.2) is 4.98 Å². The summed E-state index contributed by atoms with van der Waals surface area (Å²) in [5, 5.41) is 14.6. The van der Waals surface area contributed by atoms with E-state index in [4.69, 9.17) is 4.42 Å². The van der Waals surface area contributed by atoms with Gasteiger partial charge in [-0.3, -0.25) is 10.1 Å². The molecule has 0 atom stereocenters. The Morgan fingerprint density at radius 3 is 2.29 bits per heavy atom. The normalized spacial score (nSPS) is 10.7. The molecule has 5 nitrogen and oxygen atoms in total. The number of thioether (sulfide) groups is 1. The number of para-hydroxylation sites is 1. The van der Waals surface area contributed by atoms with Crippen LogP contribution in [0.25, 0.3) is 33.4 Å². The molecule has 34 heavy (non-hydrogen) atoms. The molecule has 0 radical (unpaired) electrons. The number of hydrogen-bond donors (Lipinski definition) is 1. The lowest BCUT2D eigenvalue weighted by atomic mass is 9.98. The van der Waals surface area contributed by atoms with Crippen molar-refractivity contribution in [1.29, 1.82) is 5.26 Å². The Bertz CT molecular complexity index is 1510. The van der Waals surface area contributed by atoms with Gasteiger partial charge in [-0.05, 0) is 17.7 Å². The van der Waals surface area contributed by atoms with E-state index in [0.29, 0.717) is 16.9 Å². The van der Waals surface area contributed by atoms with Gasteiger partial charge in [0.2, 0.25) is 11.8 Å². The topological polar surface area (TPSA) is 78.9 Å². The number of nitrogens with one attached hydrogen (secondary N) is 1. The maximum absolute atomic E-state index is 12.8. The number of carbonyl (C=O) groups excluding carboxylic acids is 1. The Morgan fingerprint density at radius 1 is 0.882 bits per heavy atom. The lowest BCUT2D eigenvalue weighted by molar-refractivity contribution is -0.113. The molecule has 5 rings (SSSR count). The Labute approximate surface area is 201 Å². The number of hydrogen-bond acceptors (Lipinski definition) is 5. The van der Waals surface area contributed by atoms with Gasteiger partial charge in [0, 0.05) is 16.5 Å². The van der Waals surface area contributed by atoms with Gasteiger partial charge in [-0.15, -0.1) is 0 Å². The first kappa shape index (κ1) is 21.5. The quantitative estimate of drug-likeness (QED) is 0.283. The number of nitrogens with zero attached hydrogens (tertiary/aromatic N) is 2. The second-order valence-corrected chi connectivity index (χ2v) is 8.53. The molecular formula is C28H19N3O2S. The number of furan rings is 1. The summed E-state index contributed by atoms with van der Waals surface area (Å²) in [6.45, 7) is 0. The molecule has 164 valence electrons. The van der Waals surface area contributed by atoms with Crippen LogP contribution in [-0.4, -0.2) is 16.6 Å². The van der Waals surface area contributed by atoms with E-state index in [1.165, 1.54) is 11.8 Å². The van der Waals surface area contributed by atoms with Gasteiger partial charge in [0.25, 0.3) is 0 Å². The Kier molecular flexibility index (Phi) is 6.11. The van der Waals surface area contributed by atoms with Crippen molar-refractivity contribution in [3.63, 3.8) is 0 Å². The summed E-state index contributed by atoms with van der Waals surface area (Å²) in [4.78, 5) is 17.4. The molecule has 0 spiro atoms. The summed E-state index contributed by atoms with van der Waals surface area (Å²) >= 11 is 1.33. The van der Waals surface area contributed by atoms with Crippen molar-refractivity contribution in [1.82, 2.24) is 4.98 Å². The largest absolute Gasteiger partial charge is 0.438 e. The fourth-order valence-electron chi connectivity index (χ4n) is 3.73. The first-order valence-electron chi connectivity index (χ1n) is 10.7. The van der Waals surface area contributed by atoms with Gasteiger partial charge in [0.15, 0.2) is 0 Å². The molecule has 1 amide bonds. The molecule has 0 bridgehead atoms. The molecular weight excluding hydrogens is 442 g/mol. The molecule has 0 aliphatic heterocycles. The highest BCUT2D eigenvalue weighted by molar-refractivity contribution is 7.99. The fraction of sp³-hybridized carbons (Fsp3) is 0.0357. The average molecular weight is 462 g/mol. The van der Waals surface area contributed by atoms with E-state index in [1.807, 2.05) is 97.1 Å². The monoisotopic (exact) mass is 461 g/mol. The van der Waals surface area contributed by atoms with Crippen LogP contribution in [0.15, 0.2) is 107 Å². The smallest absolute Gasteiger partial charge is 0.237 e. The van der Waals surface area contributed by atoms with Crippen LogP contribution < -0.4 is 5.32 Å². The van der Waals surface area contributed by atoms with Crippen LogP contribution in [0, 0.1) is 11.3 Å². The Morgan fingerprint density at radius 2 is 1.56 bits per heavy atom. The number of pyridine rings is 1. The van der Waals surface area contributed by atoms with Crippen LogP contribution >= 0.6 is 11.8 Å². The molecule has 2 aromatic heterocycles. The predicted octanol–water partition coefficient (Wildman–Crippen LogP) is 6.76. The summed E-state index contributed by atoms with van der Waals surface area (Å²) in [5.41, 5.74) is 3.51. The summed E-state index contributed by atoms with van der Waals surface area (Å²) in [5.74, 6) is 0.558. The Hall–Kier alpha value is -4.34. The summed E-state index contributed by atoms with van der Waals surface area (Å²) in [6.07, 6.45) is 0. The molecule has 1 N–H and O–H groups in total. The highest BCUT2D eigenvalue weighted by Crippen LogP contribution is 2.41. The average Bonchev–Trinajstić information content (AvgIpc) is 3.26. The number of amides is 1. The first-order chi connectivity index (χ1) is 16.7. The van der Waals surface area contributed by atoms with Crippen molar-refractivity contribution < 1.29 is 9.21 Å². The van der Waals surface area contributed by atoms with Crippen LogP contribution in [0.3, 0.4) is 0 Å². The second-order valence-electron chi connectivity index (χ2n) is 7.53. The molecule has 5 aromatic rings. The zero-order valence-electron chi connectivity index (χ0n) is 18.1. The van der Waals surface area contributed by atoms with Gasteiger partial charge in [0.1, 0.15) is 17.4 Å². The molecule has 0 aliphatic carbocycles. The van der Waals surface area contributed by atoms with E-state index in [2.05, 4.69) is 16.4 Å². The molecule has 3 aromatic carbocycles. The zero-order chi connectivity index (χ0) is 23.3. The first-order valence-corrected chi connectivity index (χ1v) is 11.7. The second kappa shape index (κ2) is 9.65. The van der Waals surface area contributed by atoms with Crippen LogP contribution in [0.4, 0.5) is 5.88 Å². The maximum Gasteiger partial charge on any atom is 0.237 e. The number of aromatic nitrogens is 1. The third-order valence-electron chi connectivity index (χ3n) is 5.30. The summed E-state index contributed by atoms with van der Waals surface area (Å²) in [7, 11) is 0. The van der Waals surface area contributed by atoms with Crippen molar-refractivity contribution in [2.45, 2.75) is 5.03 Å². The van der Waals surface area contributed by atoms with Crippen molar-refractivity contribution >= 4 is 34.5 Å². The number of nitriles is 1. The third kappa shape index (κ3) is 4.42. The number of carbonyl (C=O) groups is 1. The van der Waals surface area contributed by atoms with E-state index in [-0.39, 0.29) is 17.5 Å². The van der Waals surface area contributed by atoms with E-state index < -0.39 is 0 Å². The third-order valence-corrected chi connectivity index (χ3v) is 6.23. The van der Waals surface area contributed by atoms with Gasteiger partial charge < -0.3 is 4.42 Å². The van der Waals surface area contributed by atoms with Gasteiger partial charge in [0.05, 0.1) is 16.3 Å².